The van der Waals surface area contributed by atoms with Crippen LogP contribution in [0.25, 0.3) is 16.4 Å². The van der Waals surface area contributed by atoms with E-state index in [-0.39, 0.29) is 12.3 Å². The smallest absolute Gasteiger partial charge is 0.392 e. The Morgan fingerprint density at radius 1 is 1.21 bits per heavy atom. The normalized spacial score (nSPS) is 12.4. The summed E-state index contributed by atoms with van der Waals surface area (Å²) in [6.07, 6.45) is -1.96. The van der Waals surface area contributed by atoms with E-state index in [0.717, 1.165) is 11.6 Å². The molecule has 0 amide bonds. The van der Waals surface area contributed by atoms with E-state index in [9.17, 15) is 13.2 Å². The number of aromatic nitrogens is 2. The first kappa shape index (κ1) is 12.0. The average Bonchev–Trinajstić information content (AvgIpc) is 2.82. The van der Waals surface area contributed by atoms with Crippen molar-refractivity contribution in [3.05, 3.63) is 47.9 Å². The second-order valence-electron chi connectivity index (χ2n) is 4.25. The second kappa shape index (κ2) is 3.96. The van der Waals surface area contributed by atoms with Crippen molar-refractivity contribution < 1.29 is 18.3 Å². The molecule has 0 saturated carbocycles. The fraction of sp³-hybridized carbons (Fsp3) is 0.154. The molecule has 0 aliphatic carbocycles. The zero-order valence-electron chi connectivity index (χ0n) is 9.65. The van der Waals surface area contributed by atoms with Gasteiger partial charge in [0, 0.05) is 17.8 Å². The van der Waals surface area contributed by atoms with Gasteiger partial charge in [0.15, 0.2) is 5.69 Å². The zero-order valence-corrected chi connectivity index (χ0v) is 9.65. The number of aliphatic hydroxyl groups excluding tert-OH is 1. The van der Waals surface area contributed by atoms with Crippen LogP contribution in [0.5, 0.6) is 0 Å². The van der Waals surface area contributed by atoms with E-state index in [1.807, 2.05) is 0 Å². The van der Waals surface area contributed by atoms with Gasteiger partial charge >= 0.3 is 6.18 Å². The summed E-state index contributed by atoms with van der Waals surface area (Å²) >= 11 is 0. The predicted octanol–water partition coefficient (Wildman–Crippen LogP) is 3.00. The van der Waals surface area contributed by atoms with E-state index < -0.39 is 11.9 Å². The molecule has 98 valence electrons. The number of imidazole rings is 1. The maximum Gasteiger partial charge on any atom is 0.434 e. The Balaban J connectivity index is 2.31. The van der Waals surface area contributed by atoms with Gasteiger partial charge in [-0.05, 0) is 23.1 Å². The molecule has 1 aromatic carbocycles. The summed E-state index contributed by atoms with van der Waals surface area (Å²) in [5.41, 5.74) is 0.0556. The first-order valence-electron chi connectivity index (χ1n) is 5.57. The topological polar surface area (TPSA) is 37.5 Å². The van der Waals surface area contributed by atoms with Crippen LogP contribution in [-0.2, 0) is 12.8 Å². The van der Waals surface area contributed by atoms with Crippen molar-refractivity contribution in [2.24, 2.45) is 0 Å². The molecule has 3 aromatic rings. The van der Waals surface area contributed by atoms with E-state index in [1.165, 1.54) is 10.6 Å². The van der Waals surface area contributed by atoms with Crippen molar-refractivity contribution in [3.63, 3.8) is 0 Å². The van der Waals surface area contributed by atoms with E-state index in [0.29, 0.717) is 10.9 Å². The Bertz CT molecular complexity index is 761. The molecule has 0 radical (unpaired) electrons. The van der Waals surface area contributed by atoms with Crippen LogP contribution in [0.15, 0.2) is 36.7 Å². The first-order chi connectivity index (χ1) is 8.99. The van der Waals surface area contributed by atoms with Crippen LogP contribution in [-0.4, -0.2) is 14.5 Å². The van der Waals surface area contributed by atoms with Crippen molar-refractivity contribution in [2.75, 3.05) is 0 Å². The maximum absolute atomic E-state index is 12.6. The SMILES string of the molecule is OCc1ccc2c(ccn3cc(C(F)(F)F)nc23)c1. The lowest BCUT2D eigenvalue weighted by atomic mass is 10.1. The van der Waals surface area contributed by atoms with Crippen molar-refractivity contribution in [2.45, 2.75) is 12.8 Å². The molecule has 0 unspecified atom stereocenters. The van der Waals surface area contributed by atoms with Crippen molar-refractivity contribution >= 4 is 16.4 Å². The van der Waals surface area contributed by atoms with Gasteiger partial charge in [-0.25, -0.2) is 4.98 Å². The summed E-state index contributed by atoms with van der Waals surface area (Å²) in [6, 6.07) is 6.77. The van der Waals surface area contributed by atoms with Crippen LogP contribution in [0.4, 0.5) is 13.2 Å². The number of halogens is 3. The maximum atomic E-state index is 12.6. The van der Waals surface area contributed by atoms with Gasteiger partial charge in [0.1, 0.15) is 5.65 Å². The van der Waals surface area contributed by atoms with Gasteiger partial charge in [-0.1, -0.05) is 12.1 Å². The number of aliphatic hydroxyl groups is 1. The molecule has 0 saturated heterocycles. The molecule has 0 aliphatic rings. The van der Waals surface area contributed by atoms with Crippen LogP contribution in [0.1, 0.15) is 11.3 Å². The molecule has 0 bridgehead atoms. The van der Waals surface area contributed by atoms with Gasteiger partial charge in [0.05, 0.1) is 6.61 Å². The number of pyridine rings is 1. The Hall–Kier alpha value is -2.08. The molecular formula is C13H9F3N2O. The van der Waals surface area contributed by atoms with Crippen LogP contribution < -0.4 is 0 Å². The molecule has 0 atom stereocenters. The minimum atomic E-state index is -4.45. The van der Waals surface area contributed by atoms with E-state index in [4.69, 9.17) is 5.11 Å². The highest BCUT2D eigenvalue weighted by Crippen LogP contribution is 2.30. The number of benzene rings is 1. The number of hydrogen-bond acceptors (Lipinski definition) is 2. The molecule has 0 spiro atoms. The molecule has 3 rings (SSSR count). The molecular weight excluding hydrogens is 257 g/mol. The lowest BCUT2D eigenvalue weighted by molar-refractivity contribution is -0.140. The third-order valence-electron chi connectivity index (χ3n) is 2.98. The van der Waals surface area contributed by atoms with Gasteiger partial charge in [0.25, 0.3) is 0 Å². The van der Waals surface area contributed by atoms with Gasteiger partial charge in [-0.15, -0.1) is 0 Å². The van der Waals surface area contributed by atoms with Crippen molar-refractivity contribution in [1.82, 2.24) is 9.38 Å². The minimum absolute atomic E-state index is 0.108. The number of hydrogen-bond donors (Lipinski definition) is 1. The van der Waals surface area contributed by atoms with Crippen molar-refractivity contribution in [1.29, 1.82) is 0 Å². The number of fused-ring (bicyclic) bond motifs is 3. The second-order valence-corrected chi connectivity index (χ2v) is 4.25. The standard InChI is InChI=1S/C13H9F3N2O/c14-13(15,16)11-6-18-4-3-9-5-8(7-19)1-2-10(9)12(18)17-11/h1-6,19H,7H2. The van der Waals surface area contributed by atoms with Gasteiger partial charge in [-0.2, -0.15) is 13.2 Å². The first-order valence-corrected chi connectivity index (χ1v) is 5.57. The quantitative estimate of drug-likeness (QED) is 0.735. The monoisotopic (exact) mass is 266 g/mol. The summed E-state index contributed by atoms with van der Waals surface area (Å²) in [4.78, 5) is 3.64. The summed E-state index contributed by atoms with van der Waals surface area (Å²) in [5, 5.41) is 10.4. The minimum Gasteiger partial charge on any atom is -0.392 e. The zero-order chi connectivity index (χ0) is 13.6. The summed E-state index contributed by atoms with van der Waals surface area (Å²) in [5.74, 6) is 0. The van der Waals surface area contributed by atoms with E-state index in [1.54, 1.807) is 24.3 Å². The lowest BCUT2D eigenvalue weighted by Crippen LogP contribution is -2.04. The Labute approximate surface area is 105 Å². The summed E-state index contributed by atoms with van der Waals surface area (Å²) in [6.45, 7) is -0.108. The number of rotatable bonds is 1. The molecule has 0 aliphatic heterocycles. The number of nitrogens with zero attached hydrogens (tertiary/aromatic N) is 2. The van der Waals surface area contributed by atoms with Crippen molar-refractivity contribution in [3.8, 4) is 0 Å². The van der Waals surface area contributed by atoms with Crippen LogP contribution >= 0.6 is 0 Å². The number of alkyl halides is 3. The highest BCUT2D eigenvalue weighted by molar-refractivity contribution is 5.94. The third kappa shape index (κ3) is 1.94. The summed E-state index contributed by atoms with van der Waals surface area (Å²) < 4.78 is 39.3. The van der Waals surface area contributed by atoms with Gasteiger partial charge in [-0.3, -0.25) is 0 Å². The largest absolute Gasteiger partial charge is 0.434 e. The molecule has 2 aromatic heterocycles. The predicted molar refractivity (Wildman–Crippen MR) is 63.6 cm³/mol. The van der Waals surface area contributed by atoms with Gasteiger partial charge in [0.2, 0.25) is 0 Å². The molecule has 6 heteroatoms. The van der Waals surface area contributed by atoms with Crippen LogP contribution in [0, 0.1) is 0 Å². The molecule has 3 nitrogen and oxygen atoms in total. The van der Waals surface area contributed by atoms with Gasteiger partial charge < -0.3 is 9.51 Å². The molecule has 2 heterocycles. The average molecular weight is 266 g/mol. The van der Waals surface area contributed by atoms with E-state index in [2.05, 4.69) is 4.98 Å². The van der Waals surface area contributed by atoms with Crippen LogP contribution in [0.3, 0.4) is 0 Å². The summed E-state index contributed by atoms with van der Waals surface area (Å²) in [7, 11) is 0. The highest BCUT2D eigenvalue weighted by Gasteiger charge is 2.34. The Morgan fingerprint density at radius 2 is 2.00 bits per heavy atom. The highest BCUT2D eigenvalue weighted by atomic mass is 19.4. The Morgan fingerprint density at radius 3 is 2.68 bits per heavy atom. The lowest BCUT2D eigenvalue weighted by Gasteiger charge is -2.02. The Kier molecular flexibility index (Phi) is 2.50. The molecule has 19 heavy (non-hydrogen) atoms. The molecule has 1 N–H and O–H groups in total. The molecule has 0 fully saturated rings. The van der Waals surface area contributed by atoms with E-state index >= 15 is 0 Å². The van der Waals surface area contributed by atoms with Crippen LogP contribution in [0.2, 0.25) is 0 Å². The fourth-order valence-corrected chi connectivity index (χ4v) is 2.06. The third-order valence-corrected chi connectivity index (χ3v) is 2.98. The fourth-order valence-electron chi connectivity index (χ4n) is 2.06.